The first-order chi connectivity index (χ1) is 11.7. The Morgan fingerprint density at radius 1 is 1.12 bits per heavy atom. The number of sulfonamides is 1. The van der Waals surface area contributed by atoms with Crippen molar-refractivity contribution in [2.24, 2.45) is 0 Å². The van der Waals surface area contributed by atoms with Crippen LogP contribution in [0.2, 0.25) is 0 Å². The summed E-state index contributed by atoms with van der Waals surface area (Å²) in [5.74, 6) is -0.0299. The summed E-state index contributed by atoms with van der Waals surface area (Å²) in [6, 6.07) is 14.4. The van der Waals surface area contributed by atoms with Crippen LogP contribution >= 0.6 is 0 Å². The molecule has 0 aliphatic carbocycles. The third kappa shape index (κ3) is 3.45. The Morgan fingerprint density at radius 3 is 2.44 bits per heavy atom. The molecule has 0 saturated carbocycles. The van der Waals surface area contributed by atoms with Crippen LogP contribution in [0.4, 0.5) is 5.69 Å². The van der Waals surface area contributed by atoms with Gasteiger partial charge in [0.2, 0.25) is 15.9 Å². The van der Waals surface area contributed by atoms with Gasteiger partial charge in [0.15, 0.2) is 0 Å². The highest BCUT2D eigenvalue weighted by Crippen LogP contribution is 2.31. The molecule has 2 aromatic carbocycles. The van der Waals surface area contributed by atoms with Gasteiger partial charge in [-0.3, -0.25) is 4.79 Å². The minimum Gasteiger partial charge on any atom is -0.312 e. The van der Waals surface area contributed by atoms with E-state index in [1.807, 2.05) is 44.2 Å². The van der Waals surface area contributed by atoms with E-state index in [1.165, 1.54) is 6.92 Å². The Bertz CT molecular complexity index is 906. The van der Waals surface area contributed by atoms with Gasteiger partial charge in [0.05, 0.1) is 10.4 Å². The fraction of sp³-hybridized carbons (Fsp3) is 0.316. The number of amides is 1. The molecule has 1 heterocycles. The smallest absolute Gasteiger partial charge is 0.241 e. The van der Waals surface area contributed by atoms with Gasteiger partial charge in [0.1, 0.15) is 0 Å². The van der Waals surface area contributed by atoms with E-state index in [0.717, 1.165) is 16.8 Å². The van der Waals surface area contributed by atoms with Crippen molar-refractivity contribution < 1.29 is 13.2 Å². The van der Waals surface area contributed by atoms with Gasteiger partial charge in [-0.1, -0.05) is 30.3 Å². The summed E-state index contributed by atoms with van der Waals surface area (Å²) >= 11 is 0. The van der Waals surface area contributed by atoms with Gasteiger partial charge in [-0.25, -0.2) is 13.1 Å². The largest absolute Gasteiger partial charge is 0.312 e. The molecule has 0 bridgehead atoms. The number of nitrogens with one attached hydrogen (secondary N) is 1. The molecule has 3 rings (SSSR count). The zero-order valence-electron chi connectivity index (χ0n) is 14.6. The van der Waals surface area contributed by atoms with Crippen molar-refractivity contribution in [2.75, 3.05) is 11.4 Å². The second-order valence-corrected chi connectivity index (χ2v) is 8.49. The van der Waals surface area contributed by atoms with Crippen LogP contribution in [0.25, 0.3) is 0 Å². The van der Waals surface area contributed by atoms with E-state index < -0.39 is 15.6 Å². The van der Waals surface area contributed by atoms with E-state index in [0.29, 0.717) is 13.0 Å². The van der Waals surface area contributed by atoms with Crippen molar-refractivity contribution >= 4 is 21.6 Å². The van der Waals surface area contributed by atoms with Crippen LogP contribution in [0.5, 0.6) is 0 Å². The van der Waals surface area contributed by atoms with Crippen LogP contribution < -0.4 is 9.62 Å². The molecule has 1 N–H and O–H groups in total. The number of benzene rings is 2. The van der Waals surface area contributed by atoms with Gasteiger partial charge in [0.25, 0.3) is 0 Å². The summed E-state index contributed by atoms with van der Waals surface area (Å²) in [6.07, 6.45) is 0.667. The average molecular weight is 358 g/mol. The zero-order valence-corrected chi connectivity index (χ0v) is 15.4. The molecule has 1 amide bonds. The summed E-state index contributed by atoms with van der Waals surface area (Å²) in [5, 5.41) is 0. The summed E-state index contributed by atoms with van der Waals surface area (Å²) in [5.41, 5.74) is 1.84. The summed E-state index contributed by atoms with van der Waals surface area (Å²) < 4.78 is 28.5. The van der Waals surface area contributed by atoms with Gasteiger partial charge in [0, 0.05) is 19.2 Å². The normalized spacial score (nSPS) is 14.4. The van der Waals surface area contributed by atoms with Crippen molar-refractivity contribution in [3.8, 4) is 0 Å². The molecule has 0 fully saturated rings. The maximum absolute atomic E-state index is 12.8. The van der Waals surface area contributed by atoms with Gasteiger partial charge >= 0.3 is 0 Å². The van der Waals surface area contributed by atoms with Gasteiger partial charge in [-0.2, -0.15) is 0 Å². The van der Waals surface area contributed by atoms with Crippen LogP contribution in [-0.2, 0) is 26.8 Å². The van der Waals surface area contributed by atoms with Crippen molar-refractivity contribution in [3.05, 3.63) is 59.7 Å². The second kappa shape index (κ2) is 6.28. The standard InChI is InChI=1S/C19H22N2O3S/c1-14(22)21-12-11-15-13-17(9-10-18(15)21)25(23,24)20-19(2,3)16-7-5-4-6-8-16/h4-10,13,20H,11-12H2,1-3H3. The molecule has 5 nitrogen and oxygen atoms in total. The molecule has 1 aliphatic heterocycles. The molecular formula is C19H22N2O3S. The Morgan fingerprint density at radius 2 is 1.80 bits per heavy atom. The van der Waals surface area contributed by atoms with Crippen molar-refractivity contribution in [2.45, 2.75) is 37.6 Å². The number of carbonyl (C=O) groups is 1. The lowest BCUT2D eigenvalue weighted by molar-refractivity contribution is -0.116. The van der Waals surface area contributed by atoms with E-state index in [2.05, 4.69) is 4.72 Å². The topological polar surface area (TPSA) is 66.5 Å². The number of rotatable bonds is 4. The first-order valence-corrected chi connectivity index (χ1v) is 9.69. The monoisotopic (exact) mass is 358 g/mol. The molecule has 0 saturated heterocycles. The molecule has 0 unspecified atom stereocenters. The van der Waals surface area contributed by atoms with Crippen LogP contribution in [0.15, 0.2) is 53.4 Å². The number of anilines is 1. The Kier molecular flexibility index (Phi) is 4.43. The van der Waals surface area contributed by atoms with Crippen LogP contribution in [0.1, 0.15) is 31.9 Å². The lowest BCUT2D eigenvalue weighted by Crippen LogP contribution is -2.40. The highest BCUT2D eigenvalue weighted by atomic mass is 32.2. The maximum atomic E-state index is 12.8. The second-order valence-electron chi connectivity index (χ2n) is 6.81. The maximum Gasteiger partial charge on any atom is 0.241 e. The number of hydrogen-bond donors (Lipinski definition) is 1. The molecule has 2 aromatic rings. The third-order valence-electron chi connectivity index (χ3n) is 4.52. The summed E-state index contributed by atoms with van der Waals surface area (Å²) in [7, 11) is -3.68. The zero-order chi connectivity index (χ0) is 18.2. The van der Waals surface area contributed by atoms with E-state index in [9.17, 15) is 13.2 Å². The first kappa shape index (κ1) is 17.6. The lowest BCUT2D eigenvalue weighted by Gasteiger charge is -2.26. The third-order valence-corrected chi connectivity index (χ3v) is 6.18. The van der Waals surface area contributed by atoms with Crippen molar-refractivity contribution in [1.82, 2.24) is 4.72 Å². The summed E-state index contributed by atoms with van der Waals surface area (Å²) in [4.78, 5) is 13.5. The molecule has 6 heteroatoms. The molecule has 132 valence electrons. The predicted octanol–water partition coefficient (Wildman–Crippen LogP) is 2.81. The molecule has 0 radical (unpaired) electrons. The molecular weight excluding hydrogens is 336 g/mol. The van der Waals surface area contributed by atoms with E-state index >= 15 is 0 Å². The number of hydrogen-bond acceptors (Lipinski definition) is 3. The number of nitrogens with zero attached hydrogens (tertiary/aromatic N) is 1. The minimum atomic E-state index is -3.68. The van der Waals surface area contributed by atoms with E-state index in [4.69, 9.17) is 0 Å². The summed E-state index contributed by atoms with van der Waals surface area (Å²) in [6.45, 7) is 5.79. The van der Waals surface area contributed by atoms with Crippen LogP contribution in [0, 0.1) is 0 Å². The molecule has 1 aliphatic rings. The highest BCUT2D eigenvalue weighted by molar-refractivity contribution is 7.89. The average Bonchev–Trinajstić information content (AvgIpc) is 2.98. The van der Waals surface area contributed by atoms with Crippen LogP contribution in [-0.4, -0.2) is 20.9 Å². The number of fused-ring (bicyclic) bond motifs is 1. The van der Waals surface area contributed by atoms with Crippen LogP contribution in [0.3, 0.4) is 0 Å². The predicted molar refractivity (Wildman–Crippen MR) is 98.0 cm³/mol. The van der Waals surface area contributed by atoms with Gasteiger partial charge in [-0.05, 0) is 49.6 Å². The fourth-order valence-corrected chi connectivity index (χ4v) is 4.63. The van der Waals surface area contributed by atoms with E-state index in [1.54, 1.807) is 23.1 Å². The van der Waals surface area contributed by atoms with E-state index in [-0.39, 0.29) is 10.8 Å². The Hall–Kier alpha value is -2.18. The van der Waals surface area contributed by atoms with Crippen molar-refractivity contribution in [1.29, 1.82) is 0 Å². The SMILES string of the molecule is CC(=O)N1CCc2cc(S(=O)(=O)NC(C)(C)c3ccccc3)ccc21. The quantitative estimate of drug-likeness (QED) is 0.914. The first-order valence-electron chi connectivity index (χ1n) is 8.21. The molecule has 0 spiro atoms. The van der Waals surface area contributed by atoms with Gasteiger partial charge < -0.3 is 4.90 Å². The minimum absolute atomic E-state index is 0.0299. The van der Waals surface area contributed by atoms with Gasteiger partial charge in [-0.15, -0.1) is 0 Å². The number of carbonyl (C=O) groups excluding carboxylic acids is 1. The molecule has 0 aromatic heterocycles. The molecule has 25 heavy (non-hydrogen) atoms. The molecule has 0 atom stereocenters. The van der Waals surface area contributed by atoms with Crippen molar-refractivity contribution in [3.63, 3.8) is 0 Å². The fourth-order valence-electron chi connectivity index (χ4n) is 3.18. The highest BCUT2D eigenvalue weighted by Gasteiger charge is 2.29. The Balaban J connectivity index is 1.90. The Labute approximate surface area is 148 Å². The lowest BCUT2D eigenvalue weighted by atomic mass is 9.96.